The number of halogens is 4. The van der Waals surface area contributed by atoms with Crippen LogP contribution in [0.1, 0.15) is 12.5 Å². The van der Waals surface area contributed by atoms with E-state index in [1.165, 1.54) is 18.3 Å². The Morgan fingerprint density at radius 1 is 1.23 bits per heavy atom. The topological polar surface area (TPSA) is 116 Å². The monoisotopic (exact) mass is 484 g/mol. The van der Waals surface area contributed by atoms with Gasteiger partial charge >= 0.3 is 12.3 Å². The van der Waals surface area contributed by atoms with Crippen LogP contribution in [0.25, 0.3) is 22.9 Å². The lowest BCUT2D eigenvalue weighted by molar-refractivity contribution is -0.137. The van der Waals surface area contributed by atoms with E-state index >= 15 is 0 Å². The van der Waals surface area contributed by atoms with Crippen molar-refractivity contribution in [2.75, 3.05) is 11.9 Å². The third-order valence-electron chi connectivity index (χ3n) is 3.97. The molecule has 0 fully saturated rings. The Bertz CT molecular complexity index is 1040. The van der Waals surface area contributed by atoms with Crippen LogP contribution in [0.15, 0.2) is 41.1 Å². The van der Waals surface area contributed by atoms with Crippen molar-refractivity contribution in [1.82, 2.24) is 25.3 Å². The second-order valence-electron chi connectivity index (χ2n) is 6.32. The minimum atomic E-state index is -4.41. The van der Waals surface area contributed by atoms with Crippen molar-refractivity contribution in [3.05, 3.63) is 46.7 Å². The molecule has 0 aliphatic carbocycles. The zero-order valence-electron chi connectivity index (χ0n) is 15.5. The molecule has 0 aliphatic heterocycles. The van der Waals surface area contributed by atoms with Crippen LogP contribution in [0.5, 0.6) is 0 Å². The molecule has 1 atom stereocenters. The number of aromatic amines is 1. The van der Waals surface area contributed by atoms with E-state index in [4.69, 9.17) is 5.11 Å². The van der Waals surface area contributed by atoms with Gasteiger partial charge in [0.25, 0.3) is 0 Å². The number of benzene rings is 1. The van der Waals surface area contributed by atoms with Gasteiger partial charge in [-0.3, -0.25) is 0 Å². The van der Waals surface area contributed by atoms with Crippen molar-refractivity contribution >= 4 is 27.8 Å². The van der Waals surface area contributed by atoms with Gasteiger partial charge in [-0.05, 0) is 41.1 Å². The number of imidazole rings is 1. The Kier molecular flexibility index (Phi) is 6.25. The van der Waals surface area contributed by atoms with E-state index in [0.717, 1.165) is 12.1 Å². The molecule has 3 aromatic rings. The first-order valence-corrected chi connectivity index (χ1v) is 9.42. The van der Waals surface area contributed by atoms with Gasteiger partial charge < -0.3 is 20.7 Å². The van der Waals surface area contributed by atoms with E-state index in [2.05, 4.69) is 46.5 Å². The average molecular weight is 485 g/mol. The fourth-order valence-electron chi connectivity index (χ4n) is 2.54. The molecule has 1 amide bonds. The van der Waals surface area contributed by atoms with Crippen LogP contribution in [0.3, 0.4) is 0 Å². The summed E-state index contributed by atoms with van der Waals surface area (Å²) in [5, 5.41) is 14.0. The van der Waals surface area contributed by atoms with Crippen molar-refractivity contribution in [2.24, 2.45) is 0 Å². The van der Waals surface area contributed by atoms with Gasteiger partial charge in [0.1, 0.15) is 21.9 Å². The van der Waals surface area contributed by atoms with E-state index in [0.29, 0.717) is 34.0 Å². The maximum atomic E-state index is 12.7. The summed E-state index contributed by atoms with van der Waals surface area (Å²) in [7, 11) is 0. The number of hydrogen-bond acceptors (Lipinski definition) is 5. The first-order valence-electron chi connectivity index (χ1n) is 8.63. The zero-order valence-corrected chi connectivity index (χ0v) is 17.0. The molecule has 1 aromatic carbocycles. The molecule has 8 nitrogen and oxygen atoms in total. The molecule has 0 saturated heterocycles. The molecule has 30 heavy (non-hydrogen) atoms. The summed E-state index contributed by atoms with van der Waals surface area (Å²) in [5.74, 6) is 1.09. The molecule has 158 valence electrons. The summed E-state index contributed by atoms with van der Waals surface area (Å²) in [6.07, 6.45) is -4.02. The van der Waals surface area contributed by atoms with Gasteiger partial charge in [-0.25, -0.2) is 19.7 Å². The lowest BCUT2D eigenvalue weighted by Crippen LogP contribution is -2.36. The van der Waals surface area contributed by atoms with Crippen LogP contribution >= 0.6 is 15.9 Å². The summed E-state index contributed by atoms with van der Waals surface area (Å²) in [4.78, 5) is 26.5. The quantitative estimate of drug-likeness (QED) is 0.412. The zero-order chi connectivity index (χ0) is 21.9. The normalized spacial score (nSPS) is 12.4. The third-order valence-corrected chi connectivity index (χ3v) is 4.55. The number of aromatic nitrogens is 4. The standard InChI is InChI=1S/C18H16BrF3N6O2/c1-9(25-17(29)30)8-24-12-6-7-23-16(26-12)13-14(19)28-15(27-13)10-2-4-11(5-3-10)18(20,21)22/h2-7,9,25H,8H2,1H3,(H,27,28)(H,29,30)(H,23,24,26). The Balaban J connectivity index is 1.79. The molecule has 0 aliphatic rings. The van der Waals surface area contributed by atoms with Crippen LogP contribution in [0.2, 0.25) is 0 Å². The molecular formula is C18H16BrF3N6O2. The molecule has 3 rings (SSSR count). The number of hydrogen-bond donors (Lipinski definition) is 4. The number of alkyl halides is 3. The van der Waals surface area contributed by atoms with Gasteiger partial charge in [-0.15, -0.1) is 0 Å². The van der Waals surface area contributed by atoms with Crippen LogP contribution in [-0.4, -0.2) is 43.7 Å². The summed E-state index contributed by atoms with van der Waals surface area (Å²) in [6.45, 7) is 2.01. The molecule has 2 heterocycles. The second-order valence-corrected chi connectivity index (χ2v) is 7.11. The number of rotatable bonds is 6. The van der Waals surface area contributed by atoms with E-state index in [1.807, 2.05) is 0 Å². The Morgan fingerprint density at radius 2 is 1.93 bits per heavy atom. The maximum Gasteiger partial charge on any atom is 0.416 e. The summed E-state index contributed by atoms with van der Waals surface area (Å²) in [6, 6.07) is 5.90. The van der Waals surface area contributed by atoms with Crippen molar-refractivity contribution < 1.29 is 23.1 Å². The van der Waals surface area contributed by atoms with Crippen LogP contribution in [0.4, 0.5) is 23.8 Å². The van der Waals surface area contributed by atoms with Crippen molar-refractivity contribution in [3.8, 4) is 22.9 Å². The van der Waals surface area contributed by atoms with Gasteiger partial charge in [0, 0.05) is 24.3 Å². The minimum Gasteiger partial charge on any atom is -0.465 e. The maximum absolute atomic E-state index is 12.7. The molecule has 12 heteroatoms. The molecule has 0 radical (unpaired) electrons. The SMILES string of the molecule is CC(CNc1ccnc(-c2nc(-c3ccc(C(F)(F)F)cc3)[nH]c2Br)n1)NC(=O)O. The fraction of sp³-hybridized carbons (Fsp3) is 0.222. The largest absolute Gasteiger partial charge is 0.465 e. The first-order chi connectivity index (χ1) is 14.1. The summed E-state index contributed by atoms with van der Waals surface area (Å²) >= 11 is 3.34. The molecular weight excluding hydrogens is 469 g/mol. The highest BCUT2D eigenvalue weighted by Crippen LogP contribution is 2.32. The Hall–Kier alpha value is -3.15. The van der Waals surface area contributed by atoms with Gasteiger partial charge in [0.05, 0.1) is 5.56 Å². The molecule has 2 aromatic heterocycles. The van der Waals surface area contributed by atoms with Gasteiger partial charge in [-0.2, -0.15) is 13.2 Å². The van der Waals surface area contributed by atoms with E-state index < -0.39 is 17.8 Å². The number of amides is 1. The molecule has 0 spiro atoms. The second kappa shape index (κ2) is 8.69. The fourth-order valence-corrected chi connectivity index (χ4v) is 3.00. The molecule has 0 saturated carbocycles. The number of carbonyl (C=O) groups is 1. The van der Waals surface area contributed by atoms with Crippen LogP contribution < -0.4 is 10.6 Å². The lowest BCUT2D eigenvalue weighted by atomic mass is 10.1. The van der Waals surface area contributed by atoms with Crippen LogP contribution in [-0.2, 0) is 6.18 Å². The predicted octanol–water partition coefficient (Wildman–Crippen LogP) is 4.38. The number of anilines is 1. The van der Waals surface area contributed by atoms with Gasteiger partial charge in [0.2, 0.25) is 0 Å². The minimum absolute atomic E-state index is 0.278. The van der Waals surface area contributed by atoms with Crippen molar-refractivity contribution in [1.29, 1.82) is 0 Å². The highest BCUT2D eigenvalue weighted by atomic mass is 79.9. The smallest absolute Gasteiger partial charge is 0.416 e. The van der Waals surface area contributed by atoms with Crippen molar-refractivity contribution in [3.63, 3.8) is 0 Å². The average Bonchev–Trinajstić information content (AvgIpc) is 3.07. The molecule has 1 unspecified atom stereocenters. The van der Waals surface area contributed by atoms with Gasteiger partial charge in [0.15, 0.2) is 5.82 Å². The van der Waals surface area contributed by atoms with Crippen LogP contribution in [0, 0.1) is 0 Å². The summed E-state index contributed by atoms with van der Waals surface area (Å²) < 4.78 is 38.7. The van der Waals surface area contributed by atoms with E-state index in [9.17, 15) is 18.0 Å². The third kappa shape index (κ3) is 5.26. The van der Waals surface area contributed by atoms with Crippen molar-refractivity contribution in [2.45, 2.75) is 19.1 Å². The first kappa shape index (κ1) is 21.6. The predicted molar refractivity (Wildman–Crippen MR) is 107 cm³/mol. The number of H-pyrrole nitrogens is 1. The Morgan fingerprint density at radius 3 is 2.57 bits per heavy atom. The Labute approximate surface area is 177 Å². The van der Waals surface area contributed by atoms with Gasteiger partial charge in [-0.1, -0.05) is 12.1 Å². The highest BCUT2D eigenvalue weighted by molar-refractivity contribution is 9.10. The number of nitrogens with one attached hydrogen (secondary N) is 3. The lowest BCUT2D eigenvalue weighted by Gasteiger charge is -2.12. The summed E-state index contributed by atoms with van der Waals surface area (Å²) in [5.41, 5.74) is 0.105. The van der Waals surface area contributed by atoms with E-state index in [1.54, 1.807) is 13.0 Å². The highest BCUT2D eigenvalue weighted by Gasteiger charge is 2.30. The number of nitrogens with zero attached hydrogens (tertiary/aromatic N) is 3. The number of carboxylic acid groups (broad SMARTS) is 1. The molecule has 0 bridgehead atoms. The molecule has 4 N–H and O–H groups in total. The van der Waals surface area contributed by atoms with E-state index in [-0.39, 0.29) is 11.9 Å².